The lowest BCUT2D eigenvalue weighted by Gasteiger charge is -2.43. The first-order valence-electron chi connectivity index (χ1n) is 9.22. The van der Waals surface area contributed by atoms with Gasteiger partial charge in [-0.2, -0.15) is 0 Å². The molecule has 2 aliphatic rings. The molecule has 0 amide bonds. The summed E-state index contributed by atoms with van der Waals surface area (Å²) in [5.41, 5.74) is 1.43. The third-order valence-electron chi connectivity index (χ3n) is 5.40. The minimum absolute atomic E-state index is 0.680. The zero-order valence-corrected chi connectivity index (χ0v) is 14.9. The molecule has 0 aliphatic heterocycles. The summed E-state index contributed by atoms with van der Waals surface area (Å²) in [6, 6.07) is 0. The summed E-state index contributed by atoms with van der Waals surface area (Å²) in [5, 5.41) is 0. The predicted octanol–water partition coefficient (Wildman–Crippen LogP) is 5.73. The fraction of sp³-hybridized carbons (Fsp3) is 0.889. The van der Waals surface area contributed by atoms with Crippen LogP contribution >= 0.6 is 0 Å². The normalized spacial score (nSPS) is 25.2. The van der Waals surface area contributed by atoms with Gasteiger partial charge in [0.05, 0.1) is 6.61 Å². The van der Waals surface area contributed by atoms with E-state index < -0.39 is 8.56 Å². The standard InChI is InChI=1S/C18H34O2Si/c1-3-16-20-21(19-4-2,18-14-10-7-11-15-18)17-12-8-5-6-9-13-17/h3,17-18H,1,4-16H2,2H3. The molecule has 2 nitrogen and oxygen atoms in total. The van der Waals surface area contributed by atoms with Crippen LogP contribution in [0.5, 0.6) is 0 Å². The maximum Gasteiger partial charge on any atom is 0.344 e. The molecule has 0 aromatic heterocycles. The highest BCUT2D eigenvalue weighted by Gasteiger charge is 2.51. The molecule has 0 saturated heterocycles. The second-order valence-corrected chi connectivity index (χ2v) is 10.4. The first-order chi connectivity index (χ1) is 10.3. The fourth-order valence-corrected chi connectivity index (χ4v) is 9.40. The molecule has 0 radical (unpaired) electrons. The molecule has 0 aromatic rings. The molecule has 0 bridgehead atoms. The average molecular weight is 311 g/mol. The molecule has 2 fully saturated rings. The van der Waals surface area contributed by atoms with Crippen LogP contribution in [0.15, 0.2) is 12.7 Å². The lowest BCUT2D eigenvalue weighted by Crippen LogP contribution is -2.52. The molecule has 2 rings (SSSR count). The van der Waals surface area contributed by atoms with Gasteiger partial charge in [0, 0.05) is 17.7 Å². The van der Waals surface area contributed by atoms with Crippen molar-refractivity contribution in [3.63, 3.8) is 0 Å². The summed E-state index contributed by atoms with van der Waals surface area (Å²) in [4.78, 5) is 0. The molecule has 1 unspecified atom stereocenters. The predicted molar refractivity (Wildman–Crippen MR) is 91.8 cm³/mol. The van der Waals surface area contributed by atoms with Crippen LogP contribution in [-0.2, 0) is 8.85 Å². The van der Waals surface area contributed by atoms with Gasteiger partial charge in [0.25, 0.3) is 0 Å². The molecule has 0 N–H and O–H groups in total. The lowest BCUT2D eigenvalue weighted by molar-refractivity contribution is 0.157. The summed E-state index contributed by atoms with van der Waals surface area (Å²) in [7, 11) is -2.12. The Balaban J connectivity index is 2.20. The van der Waals surface area contributed by atoms with Crippen LogP contribution in [-0.4, -0.2) is 21.8 Å². The summed E-state index contributed by atoms with van der Waals surface area (Å²) in [5.74, 6) is 0. The van der Waals surface area contributed by atoms with Gasteiger partial charge in [-0.15, -0.1) is 6.58 Å². The van der Waals surface area contributed by atoms with E-state index >= 15 is 0 Å². The van der Waals surface area contributed by atoms with Crippen molar-refractivity contribution in [3.05, 3.63) is 12.7 Å². The highest BCUT2D eigenvalue weighted by molar-refractivity contribution is 6.70. The minimum Gasteiger partial charge on any atom is -0.394 e. The first kappa shape index (κ1) is 17.2. The van der Waals surface area contributed by atoms with Crippen molar-refractivity contribution in [2.24, 2.45) is 0 Å². The van der Waals surface area contributed by atoms with Crippen LogP contribution in [0.25, 0.3) is 0 Å². The van der Waals surface area contributed by atoms with E-state index in [0.29, 0.717) is 17.7 Å². The smallest absolute Gasteiger partial charge is 0.344 e. The second-order valence-electron chi connectivity index (χ2n) is 6.78. The SMILES string of the molecule is C=CCO[Si](OCC)(C1CCCCCC1)C1CCCCC1. The molecular formula is C18H34O2Si. The largest absolute Gasteiger partial charge is 0.394 e. The number of rotatable bonds is 7. The molecule has 0 spiro atoms. The Hall–Kier alpha value is -0.123. The van der Waals surface area contributed by atoms with Crippen molar-refractivity contribution >= 4 is 8.56 Å². The Morgan fingerprint density at radius 1 is 0.857 bits per heavy atom. The van der Waals surface area contributed by atoms with E-state index in [1.165, 1.54) is 70.6 Å². The van der Waals surface area contributed by atoms with Crippen molar-refractivity contribution in [1.82, 2.24) is 0 Å². The van der Waals surface area contributed by atoms with Crippen LogP contribution in [0.1, 0.15) is 77.6 Å². The van der Waals surface area contributed by atoms with E-state index in [1.807, 2.05) is 6.08 Å². The van der Waals surface area contributed by atoms with E-state index in [1.54, 1.807) is 0 Å². The molecular weight excluding hydrogens is 276 g/mol. The van der Waals surface area contributed by atoms with Gasteiger partial charge < -0.3 is 8.85 Å². The third-order valence-corrected chi connectivity index (χ3v) is 10.2. The van der Waals surface area contributed by atoms with E-state index in [9.17, 15) is 0 Å². The summed E-state index contributed by atoms with van der Waals surface area (Å²) < 4.78 is 13.1. The first-order valence-corrected chi connectivity index (χ1v) is 11.2. The van der Waals surface area contributed by atoms with Crippen LogP contribution in [0, 0.1) is 0 Å². The van der Waals surface area contributed by atoms with Crippen molar-refractivity contribution in [2.45, 2.75) is 88.6 Å². The second kappa shape index (κ2) is 9.11. The summed E-state index contributed by atoms with van der Waals surface area (Å²) >= 11 is 0. The lowest BCUT2D eigenvalue weighted by atomic mass is 10.0. The van der Waals surface area contributed by atoms with Crippen molar-refractivity contribution in [3.8, 4) is 0 Å². The van der Waals surface area contributed by atoms with E-state index in [2.05, 4.69) is 13.5 Å². The highest BCUT2D eigenvalue weighted by atomic mass is 28.4. The monoisotopic (exact) mass is 310 g/mol. The van der Waals surface area contributed by atoms with Gasteiger partial charge in [0.15, 0.2) is 0 Å². The van der Waals surface area contributed by atoms with Gasteiger partial charge in [0.2, 0.25) is 0 Å². The van der Waals surface area contributed by atoms with Gasteiger partial charge >= 0.3 is 8.56 Å². The quantitative estimate of drug-likeness (QED) is 0.340. The fourth-order valence-electron chi connectivity index (χ4n) is 4.45. The number of hydrogen-bond acceptors (Lipinski definition) is 2. The Morgan fingerprint density at radius 3 is 1.76 bits per heavy atom. The van der Waals surface area contributed by atoms with Crippen molar-refractivity contribution in [2.75, 3.05) is 13.2 Å². The zero-order chi connectivity index (χ0) is 15.0. The topological polar surface area (TPSA) is 18.5 Å². The van der Waals surface area contributed by atoms with Crippen LogP contribution in [0.3, 0.4) is 0 Å². The highest BCUT2D eigenvalue weighted by Crippen LogP contribution is 2.48. The van der Waals surface area contributed by atoms with Crippen LogP contribution in [0.2, 0.25) is 11.1 Å². The third kappa shape index (κ3) is 4.43. The molecule has 2 saturated carbocycles. The maximum atomic E-state index is 6.55. The molecule has 1 atom stereocenters. The Morgan fingerprint density at radius 2 is 1.33 bits per heavy atom. The van der Waals surface area contributed by atoms with Crippen molar-refractivity contribution in [1.29, 1.82) is 0 Å². The maximum absolute atomic E-state index is 6.55. The molecule has 2 aliphatic carbocycles. The molecule has 0 heterocycles. The molecule has 0 aromatic carbocycles. The minimum atomic E-state index is -2.12. The zero-order valence-electron chi connectivity index (χ0n) is 13.9. The Kier molecular flexibility index (Phi) is 7.48. The van der Waals surface area contributed by atoms with Crippen LogP contribution in [0.4, 0.5) is 0 Å². The van der Waals surface area contributed by atoms with Gasteiger partial charge in [-0.3, -0.25) is 0 Å². The van der Waals surface area contributed by atoms with Gasteiger partial charge in [0.1, 0.15) is 0 Å². The van der Waals surface area contributed by atoms with Gasteiger partial charge in [-0.05, 0) is 32.6 Å². The average Bonchev–Trinajstić information content (AvgIpc) is 2.82. The summed E-state index contributed by atoms with van der Waals surface area (Å²) in [6.45, 7) is 7.52. The molecule has 21 heavy (non-hydrogen) atoms. The molecule has 3 heteroatoms. The Labute approximate surface area is 132 Å². The van der Waals surface area contributed by atoms with E-state index in [-0.39, 0.29) is 0 Å². The van der Waals surface area contributed by atoms with Gasteiger partial charge in [-0.25, -0.2) is 0 Å². The summed E-state index contributed by atoms with van der Waals surface area (Å²) in [6.07, 6.45) is 16.9. The Bertz CT molecular complexity index is 294. The van der Waals surface area contributed by atoms with Crippen molar-refractivity contribution < 1.29 is 8.85 Å². The van der Waals surface area contributed by atoms with Gasteiger partial charge in [-0.1, -0.05) is 51.0 Å². The molecule has 122 valence electrons. The van der Waals surface area contributed by atoms with Crippen LogP contribution < -0.4 is 0 Å². The van der Waals surface area contributed by atoms with E-state index in [0.717, 1.165) is 6.61 Å². The number of hydrogen-bond donors (Lipinski definition) is 0. The van der Waals surface area contributed by atoms with E-state index in [4.69, 9.17) is 8.85 Å².